The van der Waals surface area contributed by atoms with Gasteiger partial charge in [-0.25, -0.2) is 4.68 Å². The number of nitrogens with zero attached hydrogens (tertiary/aromatic N) is 3. The molecule has 1 heterocycles. The molecule has 1 aromatic heterocycles. The topological polar surface area (TPSA) is 140 Å². The Morgan fingerprint density at radius 1 is 1.08 bits per heavy atom. The van der Waals surface area contributed by atoms with Gasteiger partial charge in [-0.2, -0.15) is 10.4 Å². The van der Waals surface area contributed by atoms with Gasteiger partial charge in [0.1, 0.15) is 22.5 Å². The van der Waals surface area contributed by atoms with Gasteiger partial charge in [0.15, 0.2) is 5.69 Å². The monoisotopic (exact) mass is 594 g/mol. The number of hydrogen-bond donors (Lipinski definition) is 3. The maximum atomic E-state index is 13.4. The second-order valence-corrected chi connectivity index (χ2v) is 11.9. The Hall–Kier alpha value is -3.54. The van der Waals surface area contributed by atoms with Gasteiger partial charge in [0.25, 0.3) is 0 Å². The first-order valence-corrected chi connectivity index (χ1v) is 13.3. The lowest BCUT2D eigenvalue weighted by Gasteiger charge is -2.40. The Morgan fingerprint density at radius 2 is 1.63 bits per heavy atom. The fraction of sp³-hybridized carbons (Fsp3) is 0.182. The van der Waals surface area contributed by atoms with Crippen LogP contribution in [-0.2, 0) is 16.8 Å². The van der Waals surface area contributed by atoms with E-state index in [4.69, 9.17) is 34.7 Å². The fourth-order valence-corrected chi connectivity index (χ4v) is 5.42. The molecule has 202 valence electrons. The van der Waals surface area contributed by atoms with E-state index in [-0.39, 0.29) is 54.2 Å². The Balaban J connectivity index is 1.89. The number of nitrogens with one attached hydrogen (secondary N) is 1. The maximum absolute atomic E-state index is 13.4. The molecular formula is C22H17Cl2F5N6O2S. The molecule has 38 heavy (non-hydrogen) atoms. The highest BCUT2D eigenvalue weighted by Gasteiger charge is 2.65. The molecule has 0 atom stereocenters. The fourth-order valence-electron chi connectivity index (χ4n) is 3.96. The van der Waals surface area contributed by atoms with Crippen molar-refractivity contribution in [3.63, 3.8) is 0 Å². The van der Waals surface area contributed by atoms with E-state index in [1.54, 1.807) is 12.1 Å². The second kappa shape index (κ2) is 8.23. The van der Waals surface area contributed by atoms with Gasteiger partial charge in [-0.05, 0) is 42.7 Å². The van der Waals surface area contributed by atoms with Gasteiger partial charge >= 0.3 is 10.2 Å². The van der Waals surface area contributed by atoms with Crippen molar-refractivity contribution in [2.75, 3.05) is 5.32 Å². The van der Waals surface area contributed by atoms with Gasteiger partial charge < -0.3 is 16.8 Å². The van der Waals surface area contributed by atoms with Crippen LogP contribution in [-0.4, -0.2) is 21.6 Å². The molecule has 0 radical (unpaired) electrons. The van der Waals surface area contributed by atoms with E-state index in [1.807, 2.05) is 6.07 Å². The number of rotatable bonds is 8. The molecule has 1 fully saturated rings. The number of anilines is 1. The summed E-state index contributed by atoms with van der Waals surface area (Å²) in [6.45, 7) is -0.00374. The normalized spacial score (nSPS) is 16.2. The molecule has 3 aromatic rings. The van der Waals surface area contributed by atoms with Gasteiger partial charge in [-0.1, -0.05) is 54.8 Å². The van der Waals surface area contributed by atoms with Crippen LogP contribution in [0.4, 0.5) is 25.2 Å². The first-order chi connectivity index (χ1) is 17.4. The van der Waals surface area contributed by atoms with Crippen LogP contribution in [0.2, 0.25) is 10.0 Å². The molecule has 16 heteroatoms. The Kier molecular flexibility index (Phi) is 5.95. The smallest absolute Gasteiger partial charge is 0.310 e. The third-order valence-corrected chi connectivity index (χ3v) is 7.74. The summed E-state index contributed by atoms with van der Waals surface area (Å²) in [5.41, 5.74) is 9.69. The lowest BCUT2D eigenvalue weighted by molar-refractivity contribution is -0.120. The highest BCUT2D eigenvalue weighted by Crippen LogP contribution is 3.02. The van der Waals surface area contributed by atoms with Crippen LogP contribution in [0.15, 0.2) is 41.3 Å². The molecule has 8 nitrogen and oxygen atoms in total. The number of benzene rings is 2. The van der Waals surface area contributed by atoms with E-state index in [1.165, 1.54) is 12.1 Å². The summed E-state index contributed by atoms with van der Waals surface area (Å²) in [4.78, 5) is 21.3. The molecule has 1 aliphatic carbocycles. The van der Waals surface area contributed by atoms with Crippen molar-refractivity contribution >= 4 is 51.1 Å². The molecule has 5 N–H and O–H groups in total. The maximum Gasteiger partial charge on any atom is 0.310 e. The molecule has 0 saturated heterocycles. The minimum absolute atomic E-state index is 0.00374. The standard InChI is InChI=1S/C22H17Cl2F5N6O2S/c23-14-7-13(38(25,26,27,28)29)8-15(24)18(14)35-20(33-10-11-1-3-12(4-2-11)19(31)36)17(16(9-30)34-35)22(5-6-22)21(32)37/h1-4,7-8,33H,5-6,10H2,(H2,31,36)(H2,32,37). The average molecular weight is 595 g/mol. The zero-order valence-corrected chi connectivity index (χ0v) is 21.3. The molecule has 0 bridgehead atoms. The first kappa shape index (κ1) is 27.5. The highest BCUT2D eigenvalue weighted by atomic mass is 35.5. The molecule has 2 amide bonds. The molecule has 2 aromatic carbocycles. The van der Waals surface area contributed by atoms with Crippen molar-refractivity contribution in [3.8, 4) is 11.8 Å². The number of primary amides is 2. The number of amides is 2. The number of hydrogen-bond acceptors (Lipinski definition) is 5. The van der Waals surface area contributed by atoms with Gasteiger partial charge in [-0.3, -0.25) is 9.59 Å². The molecular weight excluding hydrogens is 578 g/mol. The largest absolute Gasteiger partial charge is 0.369 e. The van der Waals surface area contributed by atoms with Gasteiger partial charge in [0.2, 0.25) is 11.8 Å². The number of carbonyl (C=O) groups is 2. The SMILES string of the molecule is N#Cc1nn(-c2c(Cl)cc(S(F)(F)(F)(F)F)cc2Cl)c(NCc2ccc(C(N)=O)cc2)c1C1(C(N)=O)CC1. The zero-order chi connectivity index (χ0) is 28.3. The minimum Gasteiger partial charge on any atom is -0.369 e. The van der Waals surface area contributed by atoms with Crippen molar-refractivity contribution in [1.29, 1.82) is 5.26 Å². The Labute approximate surface area is 222 Å². The minimum atomic E-state index is -10.1. The van der Waals surface area contributed by atoms with E-state index < -0.39 is 48.1 Å². The number of aromatic nitrogens is 2. The van der Waals surface area contributed by atoms with Gasteiger partial charge in [0.05, 0.1) is 15.5 Å². The number of carbonyl (C=O) groups excluding carboxylic acids is 2. The van der Waals surface area contributed by atoms with Crippen LogP contribution in [0.3, 0.4) is 0 Å². The summed E-state index contributed by atoms with van der Waals surface area (Å²) in [6, 6.07) is 7.89. The summed E-state index contributed by atoms with van der Waals surface area (Å²) in [5, 5.41) is 15.1. The molecule has 0 unspecified atom stereocenters. The van der Waals surface area contributed by atoms with Crippen molar-refractivity contribution in [2.45, 2.75) is 29.7 Å². The van der Waals surface area contributed by atoms with Crippen molar-refractivity contribution in [2.24, 2.45) is 11.5 Å². The van der Waals surface area contributed by atoms with Gasteiger partial charge in [0, 0.05) is 17.7 Å². The summed E-state index contributed by atoms with van der Waals surface area (Å²) >= 11 is 12.1. The van der Waals surface area contributed by atoms with E-state index in [2.05, 4.69) is 10.4 Å². The summed E-state index contributed by atoms with van der Waals surface area (Å²) in [5.74, 6) is -1.48. The highest BCUT2D eigenvalue weighted by molar-refractivity contribution is 8.45. The van der Waals surface area contributed by atoms with Crippen LogP contribution in [0, 0.1) is 11.3 Å². The summed E-state index contributed by atoms with van der Waals surface area (Å²) in [7, 11) is -10.1. The lowest BCUT2D eigenvalue weighted by Crippen LogP contribution is -2.29. The van der Waals surface area contributed by atoms with Crippen molar-refractivity contribution in [3.05, 3.63) is 68.8 Å². The quantitative estimate of drug-likeness (QED) is 0.277. The van der Waals surface area contributed by atoms with Crippen LogP contribution < -0.4 is 16.8 Å². The summed E-state index contributed by atoms with van der Waals surface area (Å²) in [6.07, 6.45) is 0.518. The predicted octanol–water partition coefficient (Wildman–Crippen LogP) is 5.94. The molecule has 4 rings (SSSR count). The zero-order valence-electron chi connectivity index (χ0n) is 19.0. The van der Waals surface area contributed by atoms with E-state index in [0.29, 0.717) is 5.56 Å². The van der Waals surface area contributed by atoms with Gasteiger partial charge in [-0.15, -0.1) is 0 Å². The number of nitrogens with two attached hydrogens (primary N) is 2. The van der Waals surface area contributed by atoms with E-state index in [9.17, 15) is 34.3 Å². The Bertz CT molecular complexity index is 1530. The van der Waals surface area contributed by atoms with Crippen LogP contribution in [0.1, 0.15) is 40.0 Å². The van der Waals surface area contributed by atoms with Crippen molar-refractivity contribution in [1.82, 2.24) is 9.78 Å². The van der Waals surface area contributed by atoms with Crippen LogP contribution in [0.5, 0.6) is 0 Å². The second-order valence-electron chi connectivity index (χ2n) is 8.66. The Morgan fingerprint density at radius 3 is 2.05 bits per heavy atom. The van der Waals surface area contributed by atoms with E-state index in [0.717, 1.165) is 4.68 Å². The third kappa shape index (κ3) is 4.96. The number of halogens is 7. The average Bonchev–Trinajstić information content (AvgIpc) is 3.52. The summed E-state index contributed by atoms with van der Waals surface area (Å²) < 4.78 is 67.9. The van der Waals surface area contributed by atoms with Crippen molar-refractivity contribution < 1.29 is 29.0 Å². The van der Waals surface area contributed by atoms with Crippen LogP contribution >= 0.6 is 33.4 Å². The van der Waals surface area contributed by atoms with E-state index >= 15 is 0 Å². The predicted molar refractivity (Wildman–Crippen MR) is 132 cm³/mol. The molecule has 0 spiro atoms. The molecule has 1 aliphatic rings. The van der Waals surface area contributed by atoms with Crippen LogP contribution in [0.25, 0.3) is 5.69 Å². The number of nitriles is 1. The molecule has 1 saturated carbocycles. The lowest BCUT2D eigenvalue weighted by atomic mass is 9.94. The molecule has 0 aliphatic heterocycles. The third-order valence-electron chi connectivity index (χ3n) is 6.04. The first-order valence-electron chi connectivity index (χ1n) is 10.6.